The maximum absolute atomic E-state index is 8.61. The number of hydrogen-bond acceptors (Lipinski definition) is 12. The molecule has 12 nitrogen and oxygen atoms in total. The van der Waals surface area contributed by atoms with Gasteiger partial charge in [-0.1, -0.05) is 0 Å². The van der Waals surface area contributed by atoms with Crippen molar-refractivity contribution in [3.63, 3.8) is 0 Å². The van der Waals surface area contributed by atoms with E-state index in [1.165, 1.54) is 0 Å². The molecule has 0 fully saturated rings. The van der Waals surface area contributed by atoms with Crippen LogP contribution in [0.3, 0.4) is 0 Å². The van der Waals surface area contributed by atoms with Gasteiger partial charge in [0.15, 0.2) is 0 Å². The molecule has 0 aromatic carbocycles. The summed E-state index contributed by atoms with van der Waals surface area (Å²) >= 11 is -16.8. The normalized spacial score (nSPS) is 5.47. The quantitative estimate of drug-likeness (QED) is 0.205. The van der Waals surface area contributed by atoms with Crippen molar-refractivity contribution in [2.24, 2.45) is 0 Å². The van der Waals surface area contributed by atoms with Gasteiger partial charge in [-0.05, 0) is 0 Å². The fourth-order valence-corrected chi connectivity index (χ4v) is 0. The summed E-state index contributed by atoms with van der Waals surface area (Å²) in [5.74, 6) is 0. The molecule has 0 aromatic heterocycles. The van der Waals surface area contributed by atoms with E-state index in [9.17, 15) is 0 Å². The van der Waals surface area contributed by atoms with Crippen molar-refractivity contribution in [1.29, 1.82) is 0 Å². The van der Waals surface area contributed by atoms with E-state index >= 15 is 0 Å². The van der Waals surface area contributed by atoms with Gasteiger partial charge < -0.3 is 0 Å². The van der Waals surface area contributed by atoms with Gasteiger partial charge in [-0.2, -0.15) is 0 Å². The smallest absolute Gasteiger partial charge is 2.00 e. The van der Waals surface area contributed by atoms with Crippen molar-refractivity contribution in [2.75, 3.05) is 0 Å². The zero-order valence-corrected chi connectivity index (χ0v) is 27.7. The Balaban J connectivity index is -0.0000000192. The van der Waals surface area contributed by atoms with Crippen molar-refractivity contribution in [3.8, 4) is 0 Å². The summed E-state index contributed by atoms with van der Waals surface area (Å²) < 4.78 is 103. The Morgan fingerprint density at radius 2 is 0.632 bits per heavy atom. The Bertz CT molecular complexity index is 172. The molecule has 0 N–H and O–H groups in total. The van der Waals surface area contributed by atoms with Crippen molar-refractivity contribution in [1.82, 2.24) is 0 Å². The van der Waals surface area contributed by atoms with Crippen LogP contribution in [0, 0.1) is 71.2 Å². The maximum Gasteiger partial charge on any atom is 2.00 e. The SMILES string of the molecule is [La+3].[La+3].[O]=[Ti]([O-])[O-].[O]=[Ti]([O-])[O-].[O]=[Zr]([O-])[O-].[O]=[Zr]([O-])[O-].[Pb+2]. The molecule has 0 unspecified atom stereocenters. The van der Waals surface area contributed by atoms with Crippen LogP contribution in [-0.4, -0.2) is 27.3 Å². The van der Waals surface area contributed by atoms with Crippen LogP contribution in [0.2, 0.25) is 0 Å². The first-order chi connectivity index (χ1) is 6.93. The Hall–Kier alpha value is 5.39. The van der Waals surface area contributed by atoms with Gasteiger partial charge in [-0.15, -0.1) is 0 Å². The predicted molar refractivity (Wildman–Crippen MR) is 8.50 cm³/mol. The van der Waals surface area contributed by atoms with Gasteiger partial charge in [0.2, 0.25) is 0 Å². The molecule has 0 bridgehead atoms. The average Bonchev–Trinajstić information content (AvgIpc) is 1.76. The molecule has 0 heterocycles. The van der Waals surface area contributed by atoms with E-state index in [1.807, 2.05) is 0 Å². The predicted octanol–water partition coefficient (Wildman–Crippen LogP) is -10.4. The van der Waals surface area contributed by atoms with E-state index in [0.29, 0.717) is 0 Å². The van der Waals surface area contributed by atoms with E-state index in [0.717, 1.165) is 0 Å². The second kappa shape index (κ2) is 38.8. The molecule has 0 rings (SSSR count). The summed E-state index contributed by atoms with van der Waals surface area (Å²) in [6.07, 6.45) is 0. The molecule has 2 radical (unpaired) electrons. The molecule has 98 valence electrons. The molecule has 0 aromatic rings. The third kappa shape index (κ3) is 369. The van der Waals surface area contributed by atoms with Crippen LogP contribution in [0.15, 0.2) is 0 Å². The first kappa shape index (κ1) is 44.1. The third-order valence-electron chi connectivity index (χ3n) is 0. The maximum atomic E-state index is 8.61. The standard InChI is InChI=1S/2La.12O.Pb.2Ti.2Zr/q2*+3;;;;;8*-1;+2;;;;. The largest absolute Gasteiger partial charge is 2.00 e. The topological polar surface area (TPSA) is 253 Å². The van der Waals surface area contributed by atoms with Crippen molar-refractivity contribution in [2.45, 2.75) is 0 Å². The van der Waals surface area contributed by atoms with Crippen LogP contribution in [0.4, 0.5) is 0 Å². The molecular formula is La2O12PbTi2Zr2. The zero-order valence-electron chi connectivity index (χ0n) is 8.55. The summed E-state index contributed by atoms with van der Waals surface area (Å²) in [6.45, 7) is 0. The first-order valence-corrected chi connectivity index (χ1v) is 12.3. The summed E-state index contributed by atoms with van der Waals surface area (Å²) in [6, 6.07) is 0. The molecule has 0 aliphatic carbocycles. The van der Waals surface area contributed by atoms with Crippen LogP contribution >= 0.6 is 0 Å². The van der Waals surface area contributed by atoms with Gasteiger partial charge in [0.05, 0.1) is 0 Å². The van der Waals surface area contributed by atoms with Crippen LogP contribution < -0.4 is 27.5 Å². The summed E-state index contributed by atoms with van der Waals surface area (Å²) in [4.78, 5) is 0. The first-order valence-electron chi connectivity index (χ1n) is 2.45. The minimum Gasteiger partial charge on any atom is 2.00 e. The summed E-state index contributed by atoms with van der Waals surface area (Å²) in [5.41, 5.74) is 0. The van der Waals surface area contributed by atoms with Crippen molar-refractivity contribution in [3.05, 3.63) is 0 Å². The monoisotopic (exact) mass is 953 g/mol. The Kier molecular flexibility index (Phi) is 90.0. The summed E-state index contributed by atoms with van der Waals surface area (Å²) in [5, 5.41) is 0. The van der Waals surface area contributed by atoms with Gasteiger partial charge in [-0.3, -0.25) is 0 Å². The fourth-order valence-electron chi connectivity index (χ4n) is 0. The van der Waals surface area contributed by atoms with Crippen LogP contribution in [-0.2, 0) is 94.8 Å². The average molecular weight is 955 g/mol. The molecule has 19 heavy (non-hydrogen) atoms. The molecule has 0 saturated carbocycles. The van der Waals surface area contributed by atoms with Gasteiger partial charge in [0.1, 0.15) is 0 Å². The van der Waals surface area contributed by atoms with E-state index in [1.54, 1.807) is 0 Å². The summed E-state index contributed by atoms with van der Waals surface area (Å²) in [7, 11) is 0. The van der Waals surface area contributed by atoms with E-state index < -0.39 is 82.5 Å². The third-order valence-corrected chi connectivity index (χ3v) is 0. The number of rotatable bonds is 0. The van der Waals surface area contributed by atoms with Gasteiger partial charge >= 0.3 is 221 Å². The minimum absolute atomic E-state index is 0. The Labute approximate surface area is 215 Å². The van der Waals surface area contributed by atoms with Crippen LogP contribution in [0.5, 0.6) is 0 Å². The van der Waals surface area contributed by atoms with Crippen molar-refractivity contribution >= 4 is 27.3 Å². The molecule has 0 amide bonds. The Morgan fingerprint density at radius 1 is 0.632 bits per heavy atom. The molecule has 0 saturated heterocycles. The molecule has 0 spiro atoms. The number of hydrogen-bond donors (Lipinski definition) is 0. The minimum atomic E-state index is -4.29. The second-order valence-electron chi connectivity index (χ2n) is 1.00. The van der Waals surface area contributed by atoms with Crippen LogP contribution in [0.25, 0.3) is 0 Å². The molecule has 0 aliphatic rings. The van der Waals surface area contributed by atoms with Crippen LogP contribution in [0.1, 0.15) is 0 Å². The molecular weight excluding hydrogens is 955 g/mol. The molecule has 0 atom stereocenters. The van der Waals surface area contributed by atoms with Gasteiger partial charge in [-0.25, -0.2) is 0 Å². The van der Waals surface area contributed by atoms with Gasteiger partial charge in [0.25, 0.3) is 0 Å². The molecule has 0 aliphatic heterocycles. The zero-order chi connectivity index (χ0) is 14.3. The van der Waals surface area contributed by atoms with Crippen molar-refractivity contribution < 1.29 is 193 Å². The second-order valence-corrected chi connectivity index (χ2v) is 5.02. The fraction of sp³-hybridized carbons (Fsp3) is 0. The molecule has 19 heteroatoms. The van der Waals surface area contributed by atoms with E-state index in [-0.39, 0.29) is 98.5 Å². The van der Waals surface area contributed by atoms with E-state index in [2.05, 4.69) is 0 Å². The Morgan fingerprint density at radius 3 is 0.632 bits per heavy atom. The van der Waals surface area contributed by atoms with E-state index in [4.69, 9.17) is 39.8 Å². The van der Waals surface area contributed by atoms with Gasteiger partial charge in [0, 0.05) is 0 Å².